The van der Waals surface area contributed by atoms with Crippen LogP contribution in [0.2, 0.25) is 0 Å². The number of hydrogen-bond donors (Lipinski definition) is 0. The summed E-state index contributed by atoms with van der Waals surface area (Å²) in [5, 5.41) is 0.939. The van der Waals surface area contributed by atoms with Crippen molar-refractivity contribution in [2.45, 2.75) is 5.16 Å². The topological polar surface area (TPSA) is 47.8 Å². The van der Waals surface area contributed by atoms with Gasteiger partial charge in [-0.15, -0.1) is 0 Å². The lowest BCUT2D eigenvalue weighted by molar-refractivity contribution is 0.568. The molecule has 21 heavy (non-hydrogen) atoms. The van der Waals surface area contributed by atoms with E-state index in [9.17, 15) is 13.6 Å². The summed E-state index contributed by atoms with van der Waals surface area (Å²) < 4.78 is 28.9. The van der Waals surface area contributed by atoms with E-state index in [4.69, 9.17) is 0 Å². The van der Waals surface area contributed by atoms with Crippen LogP contribution in [-0.2, 0) is 0 Å². The molecule has 7 heteroatoms. The van der Waals surface area contributed by atoms with Gasteiger partial charge in [0, 0.05) is 17.6 Å². The third kappa shape index (κ3) is 2.29. The van der Waals surface area contributed by atoms with Crippen LogP contribution in [0.25, 0.3) is 16.7 Å². The smallest absolute Gasteiger partial charge is 0.256 e. The van der Waals surface area contributed by atoms with Crippen LogP contribution in [0, 0.1) is 11.6 Å². The average Bonchev–Trinajstić information content (AvgIpc) is 2.48. The summed E-state index contributed by atoms with van der Waals surface area (Å²) in [5.74, 6) is -1.65. The van der Waals surface area contributed by atoms with Crippen molar-refractivity contribution in [3.63, 3.8) is 0 Å². The van der Waals surface area contributed by atoms with Crippen LogP contribution in [-0.4, -0.2) is 20.8 Å². The lowest BCUT2D eigenvalue weighted by atomic mass is 10.2. The van der Waals surface area contributed by atoms with Crippen molar-refractivity contribution in [2.24, 2.45) is 0 Å². The van der Waals surface area contributed by atoms with E-state index < -0.39 is 22.9 Å². The van der Waals surface area contributed by atoms with Gasteiger partial charge in [0.1, 0.15) is 17.3 Å². The Hall–Kier alpha value is -2.28. The molecule has 0 unspecified atom stereocenters. The van der Waals surface area contributed by atoms with Crippen LogP contribution in [0.3, 0.4) is 0 Å². The van der Waals surface area contributed by atoms with E-state index in [0.717, 1.165) is 16.7 Å². The number of fused-ring (bicyclic) bond motifs is 1. The normalized spacial score (nSPS) is 11.0. The lowest BCUT2D eigenvalue weighted by Gasteiger charge is -2.11. The van der Waals surface area contributed by atoms with E-state index in [2.05, 4.69) is 9.97 Å². The maximum Gasteiger partial charge on any atom is 0.256 e. The summed E-state index contributed by atoms with van der Waals surface area (Å²) >= 11 is 1.28. The summed E-state index contributed by atoms with van der Waals surface area (Å²) in [4.78, 5) is 20.4. The van der Waals surface area contributed by atoms with E-state index in [1.165, 1.54) is 36.2 Å². The molecule has 2 heterocycles. The third-order valence-corrected chi connectivity index (χ3v) is 3.52. The molecule has 0 bridgehead atoms. The largest absolute Gasteiger partial charge is 0.269 e. The second kappa shape index (κ2) is 5.25. The molecular weight excluding hydrogens is 296 g/mol. The molecule has 0 spiro atoms. The Bertz CT molecular complexity index is 875. The number of para-hydroxylation sites is 1. The van der Waals surface area contributed by atoms with Gasteiger partial charge in [0.25, 0.3) is 5.56 Å². The molecule has 0 aliphatic heterocycles. The minimum Gasteiger partial charge on any atom is -0.269 e. The first kappa shape index (κ1) is 13.7. The molecule has 106 valence electrons. The maximum atomic E-state index is 14.0. The Balaban J connectivity index is 2.46. The second-order valence-electron chi connectivity index (χ2n) is 4.21. The van der Waals surface area contributed by atoms with Crippen molar-refractivity contribution in [2.75, 3.05) is 6.26 Å². The summed E-state index contributed by atoms with van der Waals surface area (Å²) in [5.41, 5.74) is -0.818. The Kier molecular flexibility index (Phi) is 3.42. The van der Waals surface area contributed by atoms with E-state index in [1.807, 2.05) is 0 Å². The van der Waals surface area contributed by atoms with Gasteiger partial charge in [-0.3, -0.25) is 9.36 Å². The van der Waals surface area contributed by atoms with Crippen LogP contribution in [0.1, 0.15) is 0 Å². The number of pyridine rings is 1. The van der Waals surface area contributed by atoms with Crippen LogP contribution >= 0.6 is 11.8 Å². The molecule has 2 aromatic heterocycles. The van der Waals surface area contributed by atoms with Crippen LogP contribution in [0.5, 0.6) is 0 Å². The number of hydrogen-bond acceptors (Lipinski definition) is 4. The number of aromatic nitrogens is 3. The van der Waals surface area contributed by atoms with Crippen LogP contribution < -0.4 is 5.56 Å². The van der Waals surface area contributed by atoms with Crippen molar-refractivity contribution < 1.29 is 8.78 Å². The maximum absolute atomic E-state index is 14.0. The van der Waals surface area contributed by atoms with Gasteiger partial charge in [-0.25, -0.2) is 18.7 Å². The van der Waals surface area contributed by atoms with Crippen LogP contribution in [0.4, 0.5) is 8.78 Å². The first-order valence-corrected chi connectivity index (χ1v) is 7.21. The summed E-state index contributed by atoms with van der Waals surface area (Å²) in [6, 6.07) is 6.20. The van der Waals surface area contributed by atoms with Crippen LogP contribution in [0.15, 0.2) is 46.5 Å². The van der Waals surface area contributed by atoms with Crippen molar-refractivity contribution in [3.05, 3.63) is 58.5 Å². The zero-order chi connectivity index (χ0) is 15.0. The molecule has 0 fully saturated rings. The quantitative estimate of drug-likeness (QED) is 0.539. The highest BCUT2D eigenvalue weighted by molar-refractivity contribution is 7.98. The van der Waals surface area contributed by atoms with E-state index >= 15 is 0 Å². The molecule has 0 N–H and O–H groups in total. The van der Waals surface area contributed by atoms with Gasteiger partial charge in [-0.1, -0.05) is 17.8 Å². The van der Waals surface area contributed by atoms with Crippen molar-refractivity contribution in [3.8, 4) is 5.69 Å². The van der Waals surface area contributed by atoms with Gasteiger partial charge in [-0.05, 0) is 24.5 Å². The van der Waals surface area contributed by atoms with Crippen molar-refractivity contribution >= 4 is 22.8 Å². The minimum absolute atomic E-state index is 0.172. The Morgan fingerprint density at radius 2 is 1.86 bits per heavy atom. The summed E-state index contributed by atoms with van der Waals surface area (Å²) in [7, 11) is 0. The first-order valence-electron chi connectivity index (χ1n) is 5.99. The van der Waals surface area contributed by atoms with Gasteiger partial charge < -0.3 is 0 Å². The fourth-order valence-corrected chi connectivity index (χ4v) is 2.36. The molecule has 0 amide bonds. The summed E-state index contributed by atoms with van der Waals surface area (Å²) in [6.07, 6.45) is 3.29. The number of halogens is 2. The molecular formula is C14H9F2N3OS. The predicted octanol–water partition coefficient (Wildman–Crippen LogP) is 2.78. The predicted molar refractivity (Wildman–Crippen MR) is 76.8 cm³/mol. The zero-order valence-corrected chi connectivity index (χ0v) is 11.7. The molecule has 1 aromatic carbocycles. The Morgan fingerprint density at radius 3 is 2.52 bits per heavy atom. The van der Waals surface area contributed by atoms with Gasteiger partial charge >= 0.3 is 0 Å². The second-order valence-corrected chi connectivity index (χ2v) is 4.99. The molecule has 0 aliphatic carbocycles. The minimum atomic E-state index is -0.825. The molecule has 0 saturated heterocycles. The van der Waals surface area contributed by atoms with Crippen molar-refractivity contribution in [1.82, 2.24) is 14.5 Å². The fraction of sp³-hybridized carbons (Fsp3) is 0.0714. The molecule has 3 rings (SSSR count). The highest BCUT2D eigenvalue weighted by atomic mass is 32.2. The molecule has 0 atom stereocenters. The fourth-order valence-electron chi connectivity index (χ4n) is 2.02. The van der Waals surface area contributed by atoms with Gasteiger partial charge in [-0.2, -0.15) is 0 Å². The number of benzene rings is 1. The third-order valence-electron chi connectivity index (χ3n) is 2.96. The van der Waals surface area contributed by atoms with Gasteiger partial charge in [0.05, 0.1) is 0 Å². The van der Waals surface area contributed by atoms with Gasteiger partial charge in [0.15, 0.2) is 10.8 Å². The first-order chi connectivity index (χ1) is 10.1. The molecule has 0 aliphatic rings. The Morgan fingerprint density at radius 1 is 1.14 bits per heavy atom. The molecule has 0 saturated carbocycles. The molecule has 3 aromatic rings. The Labute approximate surface area is 122 Å². The highest BCUT2D eigenvalue weighted by Crippen LogP contribution is 2.21. The average molecular weight is 305 g/mol. The molecule has 4 nitrogen and oxygen atoms in total. The van der Waals surface area contributed by atoms with Crippen molar-refractivity contribution in [1.29, 1.82) is 0 Å². The number of rotatable bonds is 2. The van der Waals surface area contributed by atoms with E-state index in [1.54, 1.807) is 6.26 Å². The SMILES string of the molecule is CSc1ncc2ccc(=O)n(-c3c(F)cccc3F)c2n1. The van der Waals surface area contributed by atoms with Gasteiger partial charge in [0.2, 0.25) is 0 Å². The molecule has 0 radical (unpaired) electrons. The zero-order valence-electron chi connectivity index (χ0n) is 10.9. The standard InChI is InChI=1S/C14H9F2N3OS/c1-21-14-17-7-8-5-6-11(20)19(13(8)18-14)12-9(15)3-2-4-10(12)16/h2-7H,1H3. The lowest BCUT2D eigenvalue weighted by Crippen LogP contribution is -2.20. The monoisotopic (exact) mass is 305 g/mol. The van der Waals surface area contributed by atoms with E-state index in [-0.39, 0.29) is 5.65 Å². The number of thioether (sulfide) groups is 1. The summed E-state index contributed by atoms with van der Waals surface area (Å²) in [6.45, 7) is 0. The highest BCUT2D eigenvalue weighted by Gasteiger charge is 2.16. The number of nitrogens with zero attached hydrogens (tertiary/aromatic N) is 3. The van der Waals surface area contributed by atoms with E-state index in [0.29, 0.717) is 10.5 Å².